The zero-order chi connectivity index (χ0) is 18.5. The molecule has 0 atom stereocenters. The van der Waals surface area contributed by atoms with Crippen LogP contribution in [0.5, 0.6) is 0 Å². The lowest BCUT2D eigenvalue weighted by molar-refractivity contribution is 0.904. The van der Waals surface area contributed by atoms with Gasteiger partial charge in [-0.2, -0.15) is 0 Å². The maximum Gasteiger partial charge on any atom is 0.224 e. The maximum absolute atomic E-state index is 5.31. The summed E-state index contributed by atoms with van der Waals surface area (Å²) >= 11 is 8.51. The number of thiophene rings is 1. The van der Waals surface area contributed by atoms with Gasteiger partial charge in [-0.1, -0.05) is 18.2 Å². The third-order valence-corrected chi connectivity index (χ3v) is 5.60. The topological polar surface area (TPSA) is 74.8 Å². The lowest BCUT2D eigenvalue weighted by Crippen LogP contribution is -2.32. The van der Waals surface area contributed by atoms with E-state index < -0.39 is 0 Å². The lowest BCUT2D eigenvalue weighted by atomic mass is 10.3. The Morgan fingerprint density at radius 3 is 2.70 bits per heavy atom. The predicted molar refractivity (Wildman–Crippen MR) is 118 cm³/mol. The standard InChI is InChI=1S/C18H16N6S3/c25-18(22-12-4-2-1-3-5-12)21-8-7-20-17-23-13-6-10-26-15(13)14(24-17)16-19-9-11-27-16/h1-6,9-11H,7-8H2,(H,20,23,24)(H2,21,22,25). The van der Waals surface area contributed by atoms with E-state index >= 15 is 0 Å². The fourth-order valence-corrected chi connectivity index (χ4v) is 4.21. The van der Waals surface area contributed by atoms with Crippen molar-refractivity contribution in [1.29, 1.82) is 0 Å². The van der Waals surface area contributed by atoms with Gasteiger partial charge in [-0.05, 0) is 35.8 Å². The fraction of sp³-hybridized carbons (Fsp3) is 0.111. The molecule has 0 fully saturated rings. The van der Waals surface area contributed by atoms with Gasteiger partial charge in [-0.15, -0.1) is 22.7 Å². The van der Waals surface area contributed by atoms with Crippen molar-refractivity contribution >= 4 is 61.9 Å². The highest BCUT2D eigenvalue weighted by Gasteiger charge is 2.12. The van der Waals surface area contributed by atoms with Crippen LogP contribution >= 0.6 is 34.9 Å². The highest BCUT2D eigenvalue weighted by molar-refractivity contribution is 7.80. The quantitative estimate of drug-likeness (QED) is 0.323. The zero-order valence-corrected chi connectivity index (χ0v) is 16.6. The number of para-hydroxylation sites is 1. The van der Waals surface area contributed by atoms with Crippen molar-refractivity contribution in [2.45, 2.75) is 0 Å². The molecule has 3 heterocycles. The van der Waals surface area contributed by atoms with E-state index in [1.807, 2.05) is 47.2 Å². The van der Waals surface area contributed by atoms with Crippen LogP contribution < -0.4 is 16.0 Å². The third-order valence-electron chi connectivity index (χ3n) is 3.66. The minimum absolute atomic E-state index is 0.584. The van der Waals surface area contributed by atoms with Crippen molar-refractivity contribution in [3.8, 4) is 10.7 Å². The second-order valence-electron chi connectivity index (χ2n) is 5.54. The Morgan fingerprint density at radius 2 is 1.89 bits per heavy atom. The van der Waals surface area contributed by atoms with Gasteiger partial charge in [0.2, 0.25) is 5.95 Å². The normalized spacial score (nSPS) is 10.7. The first-order chi connectivity index (χ1) is 13.3. The lowest BCUT2D eigenvalue weighted by Gasteiger charge is -2.11. The zero-order valence-electron chi connectivity index (χ0n) is 14.2. The molecule has 0 saturated heterocycles. The van der Waals surface area contributed by atoms with Crippen molar-refractivity contribution in [2.75, 3.05) is 23.7 Å². The number of nitrogens with one attached hydrogen (secondary N) is 3. The predicted octanol–water partition coefficient (Wildman–Crippen LogP) is 4.21. The molecule has 0 radical (unpaired) electrons. The molecule has 0 aliphatic carbocycles. The number of benzene rings is 1. The molecule has 136 valence electrons. The molecule has 9 heteroatoms. The molecule has 3 aromatic heterocycles. The van der Waals surface area contributed by atoms with Crippen LogP contribution in [0.2, 0.25) is 0 Å². The van der Waals surface area contributed by atoms with Gasteiger partial charge in [0.15, 0.2) is 5.11 Å². The molecular formula is C18H16N6S3. The number of hydrogen-bond acceptors (Lipinski definition) is 7. The van der Waals surface area contributed by atoms with Crippen LogP contribution in [0.25, 0.3) is 20.9 Å². The van der Waals surface area contributed by atoms with E-state index in [2.05, 4.69) is 30.9 Å². The molecule has 6 nitrogen and oxygen atoms in total. The van der Waals surface area contributed by atoms with Gasteiger partial charge < -0.3 is 16.0 Å². The smallest absolute Gasteiger partial charge is 0.224 e. The Balaban J connectivity index is 1.36. The van der Waals surface area contributed by atoms with Crippen molar-refractivity contribution in [2.24, 2.45) is 0 Å². The van der Waals surface area contributed by atoms with E-state index in [1.54, 1.807) is 28.9 Å². The van der Waals surface area contributed by atoms with Crippen LogP contribution in [-0.4, -0.2) is 33.2 Å². The average molecular weight is 413 g/mol. The summed E-state index contributed by atoms with van der Waals surface area (Å²) in [6.07, 6.45) is 1.79. The molecule has 0 aliphatic heterocycles. The van der Waals surface area contributed by atoms with Crippen LogP contribution in [0.15, 0.2) is 53.4 Å². The first kappa shape index (κ1) is 17.8. The van der Waals surface area contributed by atoms with E-state index in [9.17, 15) is 0 Å². The summed E-state index contributed by atoms with van der Waals surface area (Å²) in [5, 5.41) is 15.0. The van der Waals surface area contributed by atoms with Gasteiger partial charge in [0.05, 0.1) is 10.2 Å². The van der Waals surface area contributed by atoms with Crippen molar-refractivity contribution in [3.63, 3.8) is 0 Å². The van der Waals surface area contributed by atoms with E-state index in [0.717, 1.165) is 26.6 Å². The minimum Gasteiger partial charge on any atom is -0.361 e. The van der Waals surface area contributed by atoms with Gasteiger partial charge in [0, 0.05) is 30.4 Å². The molecule has 27 heavy (non-hydrogen) atoms. The first-order valence-electron chi connectivity index (χ1n) is 8.28. The number of thiocarbonyl (C=S) groups is 1. The largest absolute Gasteiger partial charge is 0.361 e. The molecule has 0 amide bonds. The molecule has 1 aromatic carbocycles. The van der Waals surface area contributed by atoms with E-state index in [1.165, 1.54) is 0 Å². The van der Waals surface area contributed by atoms with Crippen LogP contribution in [-0.2, 0) is 0 Å². The second-order valence-corrected chi connectivity index (χ2v) is 7.76. The number of rotatable bonds is 6. The van der Waals surface area contributed by atoms with Gasteiger partial charge in [-0.25, -0.2) is 15.0 Å². The SMILES string of the molecule is S=C(NCCNc1nc(-c2nccs2)c2sccc2n1)Nc1ccccc1. The average Bonchev–Trinajstić information content (AvgIpc) is 3.37. The summed E-state index contributed by atoms with van der Waals surface area (Å²) < 4.78 is 1.06. The summed E-state index contributed by atoms with van der Waals surface area (Å²) in [6, 6.07) is 11.8. The molecule has 0 saturated carbocycles. The molecular weight excluding hydrogens is 396 g/mol. The Kier molecular flexibility index (Phi) is 5.52. The number of thiazole rings is 1. The minimum atomic E-state index is 0.584. The van der Waals surface area contributed by atoms with Crippen molar-refractivity contribution in [1.82, 2.24) is 20.3 Å². The number of nitrogens with zero attached hydrogens (tertiary/aromatic N) is 3. The monoisotopic (exact) mass is 412 g/mol. The fourth-order valence-electron chi connectivity index (χ4n) is 2.48. The Hall–Kier alpha value is -2.62. The number of fused-ring (bicyclic) bond motifs is 1. The van der Waals surface area contributed by atoms with Crippen LogP contribution in [0.3, 0.4) is 0 Å². The van der Waals surface area contributed by atoms with Crippen LogP contribution in [0.1, 0.15) is 0 Å². The Morgan fingerprint density at radius 1 is 1.00 bits per heavy atom. The Bertz CT molecular complexity index is 1030. The van der Waals surface area contributed by atoms with Gasteiger partial charge in [0.1, 0.15) is 10.7 Å². The van der Waals surface area contributed by atoms with E-state index in [4.69, 9.17) is 12.2 Å². The van der Waals surface area contributed by atoms with E-state index in [0.29, 0.717) is 24.2 Å². The van der Waals surface area contributed by atoms with Gasteiger partial charge in [0.25, 0.3) is 0 Å². The molecule has 0 bridgehead atoms. The molecule has 0 spiro atoms. The van der Waals surface area contributed by atoms with E-state index in [-0.39, 0.29) is 0 Å². The first-order valence-corrected chi connectivity index (χ1v) is 10.5. The number of hydrogen-bond donors (Lipinski definition) is 3. The van der Waals surface area contributed by atoms with Crippen molar-refractivity contribution < 1.29 is 0 Å². The summed E-state index contributed by atoms with van der Waals surface area (Å²) in [5.74, 6) is 0.592. The summed E-state index contributed by atoms with van der Waals surface area (Å²) in [5.41, 5.74) is 2.76. The Labute approximate surface area is 169 Å². The summed E-state index contributed by atoms with van der Waals surface area (Å²) in [7, 11) is 0. The molecule has 4 aromatic rings. The highest BCUT2D eigenvalue weighted by atomic mass is 32.1. The number of aromatic nitrogens is 3. The van der Waals surface area contributed by atoms with Crippen LogP contribution in [0, 0.1) is 0 Å². The highest BCUT2D eigenvalue weighted by Crippen LogP contribution is 2.32. The van der Waals surface area contributed by atoms with Gasteiger partial charge >= 0.3 is 0 Å². The summed E-state index contributed by atoms with van der Waals surface area (Å²) in [4.78, 5) is 13.6. The third kappa shape index (κ3) is 4.38. The maximum atomic E-state index is 5.31. The molecule has 0 aliphatic rings. The second kappa shape index (κ2) is 8.38. The summed E-state index contributed by atoms with van der Waals surface area (Å²) in [6.45, 7) is 1.29. The molecule has 4 rings (SSSR count). The van der Waals surface area contributed by atoms with Crippen LogP contribution in [0.4, 0.5) is 11.6 Å². The van der Waals surface area contributed by atoms with Gasteiger partial charge in [-0.3, -0.25) is 0 Å². The molecule has 0 unspecified atom stereocenters. The molecule has 3 N–H and O–H groups in total. The van der Waals surface area contributed by atoms with Crippen molar-refractivity contribution in [3.05, 3.63) is 53.4 Å². The number of anilines is 2.